The molecule has 0 amide bonds. The van der Waals surface area contributed by atoms with Gasteiger partial charge in [0.2, 0.25) is 15.0 Å². The number of fused-ring (bicyclic) bond motifs is 1. The van der Waals surface area contributed by atoms with E-state index in [1.54, 1.807) is 6.20 Å². The van der Waals surface area contributed by atoms with Gasteiger partial charge >= 0.3 is 0 Å². The van der Waals surface area contributed by atoms with Gasteiger partial charge < -0.3 is 4.42 Å². The van der Waals surface area contributed by atoms with E-state index in [1.807, 2.05) is 36.4 Å². The van der Waals surface area contributed by atoms with Gasteiger partial charge in [0.05, 0.1) is 12.2 Å². The van der Waals surface area contributed by atoms with Gasteiger partial charge in [-0.15, -0.1) is 0 Å². The number of sulfone groups is 1. The highest BCUT2D eigenvalue weighted by Gasteiger charge is 2.22. The predicted molar refractivity (Wildman–Crippen MR) is 102 cm³/mol. The first kappa shape index (κ1) is 18.2. The number of benzene rings is 1. The lowest BCUT2D eigenvalue weighted by Crippen LogP contribution is -2.31. The Morgan fingerprint density at radius 1 is 1.26 bits per heavy atom. The summed E-state index contributed by atoms with van der Waals surface area (Å²) in [7, 11) is -3.39. The number of aromatic nitrogens is 2. The lowest BCUT2D eigenvalue weighted by molar-refractivity contribution is 0.223. The highest BCUT2D eigenvalue weighted by atomic mass is 35.5. The lowest BCUT2D eigenvalue weighted by atomic mass is 10.1. The van der Waals surface area contributed by atoms with Gasteiger partial charge in [-0.2, -0.15) is 0 Å². The van der Waals surface area contributed by atoms with E-state index in [-0.39, 0.29) is 5.16 Å². The quantitative estimate of drug-likeness (QED) is 0.622. The molecular formula is C19H18ClN3O3S. The van der Waals surface area contributed by atoms with Crippen molar-refractivity contribution in [1.29, 1.82) is 0 Å². The first-order valence-corrected chi connectivity index (χ1v) is 10.8. The van der Waals surface area contributed by atoms with Gasteiger partial charge in [-0.25, -0.2) is 18.4 Å². The topological polar surface area (TPSA) is 76.3 Å². The van der Waals surface area contributed by atoms with E-state index in [0.717, 1.165) is 41.1 Å². The molecule has 140 valence electrons. The average molecular weight is 404 g/mol. The molecule has 0 saturated heterocycles. The third kappa shape index (κ3) is 4.05. The molecule has 0 N–H and O–H groups in total. The van der Waals surface area contributed by atoms with Crippen molar-refractivity contribution in [1.82, 2.24) is 14.9 Å². The van der Waals surface area contributed by atoms with Crippen LogP contribution in [0.1, 0.15) is 17.0 Å². The second-order valence-electron chi connectivity index (χ2n) is 6.63. The van der Waals surface area contributed by atoms with Crippen molar-refractivity contribution < 1.29 is 12.8 Å². The van der Waals surface area contributed by atoms with Gasteiger partial charge in [-0.05, 0) is 24.3 Å². The number of hydrogen-bond donors (Lipinski definition) is 0. The van der Waals surface area contributed by atoms with Gasteiger partial charge in [-0.3, -0.25) is 4.90 Å². The van der Waals surface area contributed by atoms with E-state index < -0.39 is 9.84 Å². The fourth-order valence-corrected chi connectivity index (χ4v) is 3.86. The maximum absolute atomic E-state index is 11.6. The summed E-state index contributed by atoms with van der Waals surface area (Å²) in [5, 5.41) is 0.568. The summed E-state index contributed by atoms with van der Waals surface area (Å²) in [5.41, 5.74) is 2.70. The molecule has 0 saturated carbocycles. The highest BCUT2D eigenvalue weighted by molar-refractivity contribution is 7.90. The summed E-state index contributed by atoms with van der Waals surface area (Å²) in [6.07, 6.45) is 3.42. The molecule has 0 aliphatic carbocycles. The second-order valence-corrected chi connectivity index (χ2v) is 8.98. The normalized spacial score (nSPS) is 14.9. The number of nitrogens with zero attached hydrogens (tertiary/aromatic N) is 3. The SMILES string of the molecule is CS(=O)(=O)c1ncc2c(n1)CCN(Cc1ccc(-c3cccc(Cl)c3)o1)C2. The fourth-order valence-electron chi connectivity index (χ4n) is 3.15. The van der Waals surface area contributed by atoms with Crippen LogP contribution in [0.5, 0.6) is 0 Å². The summed E-state index contributed by atoms with van der Waals surface area (Å²) in [5.74, 6) is 1.65. The molecule has 0 radical (unpaired) electrons. The van der Waals surface area contributed by atoms with Crippen LogP contribution in [0.3, 0.4) is 0 Å². The largest absolute Gasteiger partial charge is 0.460 e. The molecule has 0 atom stereocenters. The minimum Gasteiger partial charge on any atom is -0.460 e. The molecule has 3 heterocycles. The first-order valence-electron chi connectivity index (χ1n) is 8.50. The summed E-state index contributed by atoms with van der Waals surface area (Å²) in [4.78, 5) is 10.4. The van der Waals surface area contributed by atoms with Crippen molar-refractivity contribution in [3.63, 3.8) is 0 Å². The van der Waals surface area contributed by atoms with Gasteiger partial charge in [0.25, 0.3) is 0 Å². The van der Waals surface area contributed by atoms with E-state index >= 15 is 0 Å². The van der Waals surface area contributed by atoms with Crippen LogP contribution in [0.4, 0.5) is 0 Å². The Bertz CT molecular complexity index is 1100. The third-order valence-corrected chi connectivity index (χ3v) is 5.57. The average Bonchev–Trinajstić information content (AvgIpc) is 3.09. The molecule has 3 aromatic rings. The van der Waals surface area contributed by atoms with Crippen LogP contribution in [0, 0.1) is 0 Å². The van der Waals surface area contributed by atoms with E-state index in [0.29, 0.717) is 24.5 Å². The maximum Gasteiger partial charge on any atom is 0.246 e. The lowest BCUT2D eigenvalue weighted by Gasteiger charge is -2.27. The number of halogens is 1. The Hall–Kier alpha value is -2.22. The predicted octanol–water partition coefficient (Wildman–Crippen LogP) is 3.35. The number of hydrogen-bond acceptors (Lipinski definition) is 6. The second kappa shape index (κ2) is 7.07. The molecule has 8 heteroatoms. The summed E-state index contributed by atoms with van der Waals surface area (Å²) < 4.78 is 29.2. The molecule has 1 aliphatic rings. The van der Waals surface area contributed by atoms with E-state index in [4.69, 9.17) is 16.0 Å². The monoisotopic (exact) mass is 403 g/mol. The van der Waals surface area contributed by atoms with Gasteiger partial charge in [-0.1, -0.05) is 23.7 Å². The fraction of sp³-hybridized carbons (Fsp3) is 0.263. The standard InChI is InChI=1S/C19H18ClN3O3S/c1-27(24,25)19-21-10-14-11-23(8-7-17(14)22-19)12-16-5-6-18(26-16)13-3-2-4-15(20)9-13/h2-6,9-10H,7-8,11-12H2,1H3. The molecule has 2 aromatic heterocycles. The van der Waals surface area contributed by atoms with Crippen molar-refractivity contribution in [2.24, 2.45) is 0 Å². The molecule has 1 aliphatic heterocycles. The number of furan rings is 1. The Kier molecular flexibility index (Phi) is 4.75. The van der Waals surface area contributed by atoms with Gasteiger partial charge in [0.1, 0.15) is 11.5 Å². The Labute approximate surface area is 162 Å². The maximum atomic E-state index is 11.6. The third-order valence-electron chi connectivity index (χ3n) is 4.47. The molecular weight excluding hydrogens is 386 g/mol. The van der Waals surface area contributed by atoms with Crippen molar-refractivity contribution in [3.8, 4) is 11.3 Å². The molecule has 0 bridgehead atoms. The Morgan fingerprint density at radius 2 is 2.11 bits per heavy atom. The molecule has 0 unspecified atom stereocenters. The Balaban J connectivity index is 1.48. The minimum atomic E-state index is -3.39. The minimum absolute atomic E-state index is 0.105. The van der Waals surface area contributed by atoms with E-state index in [1.165, 1.54) is 0 Å². The van der Waals surface area contributed by atoms with Crippen LogP contribution in [0.25, 0.3) is 11.3 Å². The van der Waals surface area contributed by atoms with Crippen LogP contribution in [-0.2, 0) is 29.3 Å². The smallest absolute Gasteiger partial charge is 0.246 e. The van der Waals surface area contributed by atoms with Crippen LogP contribution in [0.15, 0.2) is 52.2 Å². The van der Waals surface area contributed by atoms with Crippen LogP contribution < -0.4 is 0 Å². The molecule has 1 aromatic carbocycles. The van der Waals surface area contributed by atoms with Crippen molar-refractivity contribution in [3.05, 3.63) is 64.6 Å². The van der Waals surface area contributed by atoms with Gasteiger partial charge in [0.15, 0.2) is 0 Å². The molecule has 4 rings (SSSR count). The summed E-state index contributed by atoms with van der Waals surface area (Å²) in [6.45, 7) is 2.10. The van der Waals surface area contributed by atoms with Crippen LogP contribution in [0.2, 0.25) is 5.02 Å². The molecule has 0 fully saturated rings. The Morgan fingerprint density at radius 3 is 2.89 bits per heavy atom. The number of rotatable bonds is 4. The van der Waals surface area contributed by atoms with Crippen LogP contribution >= 0.6 is 11.6 Å². The summed E-state index contributed by atoms with van der Waals surface area (Å²) in [6, 6.07) is 11.5. The zero-order valence-corrected chi connectivity index (χ0v) is 16.3. The molecule has 0 spiro atoms. The van der Waals surface area contributed by atoms with Crippen molar-refractivity contribution in [2.75, 3.05) is 12.8 Å². The van der Waals surface area contributed by atoms with E-state index in [2.05, 4.69) is 14.9 Å². The van der Waals surface area contributed by atoms with Gasteiger partial charge in [0, 0.05) is 48.1 Å². The van der Waals surface area contributed by atoms with E-state index in [9.17, 15) is 8.42 Å². The molecule has 27 heavy (non-hydrogen) atoms. The van der Waals surface area contributed by atoms with Crippen molar-refractivity contribution >= 4 is 21.4 Å². The van der Waals surface area contributed by atoms with Crippen LogP contribution in [-0.4, -0.2) is 36.1 Å². The van der Waals surface area contributed by atoms with Crippen molar-refractivity contribution in [2.45, 2.75) is 24.7 Å². The zero-order valence-electron chi connectivity index (χ0n) is 14.7. The zero-order chi connectivity index (χ0) is 19.0. The molecule has 6 nitrogen and oxygen atoms in total. The summed E-state index contributed by atoms with van der Waals surface area (Å²) >= 11 is 6.04. The highest BCUT2D eigenvalue weighted by Crippen LogP contribution is 2.26. The first-order chi connectivity index (χ1) is 12.9.